The highest BCUT2D eigenvalue weighted by molar-refractivity contribution is 7.27. The Kier molecular flexibility index (Phi) is 11.5. The Bertz CT molecular complexity index is 4190. The average Bonchev–Trinajstić information content (AvgIpc) is 4.30. The quantitative estimate of drug-likeness (QED) is 0.169. The monoisotopic (exact) mass is 966 g/mol. The third-order valence-corrected chi connectivity index (χ3v) is 16.6. The summed E-state index contributed by atoms with van der Waals surface area (Å²) < 4.78 is 14.3. The second-order valence-electron chi connectivity index (χ2n) is 18.3. The molecule has 0 spiro atoms. The van der Waals surface area contributed by atoms with Crippen LogP contribution in [0.3, 0.4) is 0 Å². The fourth-order valence-electron chi connectivity index (χ4n) is 10.8. The van der Waals surface area contributed by atoms with E-state index < -0.39 is 7.12 Å². The van der Waals surface area contributed by atoms with Gasteiger partial charge in [-0.2, -0.15) is 0 Å². The van der Waals surface area contributed by atoms with Crippen LogP contribution < -0.4 is 5.46 Å². The van der Waals surface area contributed by atoms with E-state index in [0.717, 1.165) is 61.2 Å². The van der Waals surface area contributed by atoms with Crippen molar-refractivity contribution in [3.8, 4) is 33.6 Å². The first-order chi connectivity index (χ1) is 35.6. The number of ether oxygens (including phenoxy) is 1. The average molecular weight is 967 g/mol. The van der Waals surface area contributed by atoms with Gasteiger partial charge < -0.3 is 23.9 Å². The second-order valence-corrected chi connectivity index (χ2v) is 20.4. The zero-order valence-corrected chi connectivity index (χ0v) is 40.9. The van der Waals surface area contributed by atoms with Gasteiger partial charge >= 0.3 is 7.12 Å². The Morgan fingerprint density at radius 2 is 0.792 bits per heavy atom. The molecule has 0 unspecified atom stereocenters. The summed E-state index contributed by atoms with van der Waals surface area (Å²) in [6, 6.07) is 79.2. The van der Waals surface area contributed by atoms with Gasteiger partial charge in [-0.15, -0.1) is 22.7 Å². The van der Waals surface area contributed by atoms with Crippen molar-refractivity contribution in [1.29, 1.82) is 0 Å². The number of hydrogen-bond acceptors (Lipinski definition) is 5. The number of para-hydroxylation sites is 4. The SMILES string of the molecule is C1CCOC1.OB(O)c1cc(-n2c3ccccc3c3ccccc32)cc2c1sc1c(-c3ccccc3)cccc12.c1ccc(-c2cccc3c2sc2ccc(-n4c5ccccc5c5ccccc54)cc23)cc1. The smallest absolute Gasteiger partial charge is 0.423 e. The lowest BCUT2D eigenvalue weighted by molar-refractivity contribution is 0.198. The van der Waals surface area contributed by atoms with Gasteiger partial charge in [-0.3, -0.25) is 0 Å². The van der Waals surface area contributed by atoms with E-state index in [1.165, 1.54) is 82.4 Å². The zero-order valence-electron chi connectivity index (χ0n) is 39.3. The summed E-state index contributed by atoms with van der Waals surface area (Å²) in [7, 11) is -1.57. The molecule has 72 heavy (non-hydrogen) atoms. The van der Waals surface area contributed by atoms with Crippen molar-refractivity contribution in [3.63, 3.8) is 0 Å². The molecule has 5 heterocycles. The predicted octanol–water partition coefficient (Wildman–Crippen LogP) is 16.1. The number of thiophene rings is 2. The zero-order chi connectivity index (χ0) is 48.1. The molecule has 8 heteroatoms. The maximum Gasteiger partial charge on any atom is 0.489 e. The van der Waals surface area contributed by atoms with Crippen LogP contribution >= 0.6 is 22.7 Å². The first-order valence-electron chi connectivity index (χ1n) is 24.6. The Hall–Kier alpha value is -7.82. The number of fused-ring (bicyclic) bond motifs is 12. The van der Waals surface area contributed by atoms with Gasteiger partial charge in [0.1, 0.15) is 0 Å². The molecule has 0 amide bonds. The molecule has 346 valence electrons. The lowest BCUT2D eigenvalue weighted by Gasteiger charge is -2.11. The minimum atomic E-state index is -1.57. The van der Waals surface area contributed by atoms with Crippen molar-refractivity contribution in [2.45, 2.75) is 12.8 Å². The molecule has 15 rings (SSSR count). The summed E-state index contributed by atoms with van der Waals surface area (Å²) in [6.45, 7) is 2.00. The topological polar surface area (TPSA) is 59.5 Å². The summed E-state index contributed by atoms with van der Waals surface area (Å²) in [6.07, 6.45) is 2.56. The standard InChI is InChI=1S/C30H20BNO2S.C30H19NS.C4H8O/c33-31(34)26-18-20(32-27-15-6-4-11-22(27)23-12-5-7-16-28(23)32)17-25-24-14-8-13-21(29(24)35-30(25)26)19-9-2-1-3-10-19;1-2-9-20(10-3-1)22-13-8-14-25-26-19-21(17-18-29(26)32-30(22)25)31-27-15-6-4-11-23(27)24-12-5-7-16-28(24)31;1-2-4-5-3-1/h1-18,33-34H;1-19H;1-4H2. The largest absolute Gasteiger partial charge is 0.489 e. The molecule has 14 aromatic rings. The van der Waals surface area contributed by atoms with Crippen LogP contribution in [0.1, 0.15) is 12.8 Å². The van der Waals surface area contributed by atoms with Crippen LogP contribution in [0.25, 0.3) is 118 Å². The molecule has 1 aliphatic heterocycles. The molecule has 0 saturated carbocycles. The highest BCUT2D eigenvalue weighted by Crippen LogP contribution is 2.43. The molecule has 4 aromatic heterocycles. The van der Waals surface area contributed by atoms with Crippen molar-refractivity contribution in [2.24, 2.45) is 0 Å². The van der Waals surface area contributed by atoms with E-state index in [1.807, 2.05) is 47.7 Å². The number of hydrogen-bond donors (Lipinski definition) is 2. The number of nitrogens with zero attached hydrogens (tertiary/aromatic N) is 2. The van der Waals surface area contributed by atoms with E-state index in [-0.39, 0.29) is 0 Å². The first kappa shape index (κ1) is 44.1. The van der Waals surface area contributed by atoms with Gasteiger partial charge in [0.2, 0.25) is 0 Å². The molecule has 1 saturated heterocycles. The molecule has 0 atom stereocenters. The molecule has 5 nitrogen and oxygen atoms in total. The van der Waals surface area contributed by atoms with Crippen molar-refractivity contribution < 1.29 is 14.8 Å². The van der Waals surface area contributed by atoms with Crippen LogP contribution in [0.2, 0.25) is 0 Å². The highest BCUT2D eigenvalue weighted by atomic mass is 32.1. The van der Waals surface area contributed by atoms with Gasteiger partial charge in [0.25, 0.3) is 0 Å². The summed E-state index contributed by atoms with van der Waals surface area (Å²) in [5.41, 5.74) is 12.2. The predicted molar refractivity (Wildman–Crippen MR) is 308 cm³/mol. The van der Waals surface area contributed by atoms with Crippen molar-refractivity contribution in [1.82, 2.24) is 9.13 Å². The van der Waals surface area contributed by atoms with Crippen molar-refractivity contribution in [2.75, 3.05) is 13.2 Å². The third-order valence-electron chi connectivity index (χ3n) is 14.0. The lowest BCUT2D eigenvalue weighted by atomic mass is 9.79. The van der Waals surface area contributed by atoms with Crippen LogP contribution in [-0.2, 0) is 4.74 Å². The Morgan fingerprint density at radius 3 is 1.28 bits per heavy atom. The fourth-order valence-corrected chi connectivity index (χ4v) is 13.3. The minimum absolute atomic E-state index is 0.527. The van der Waals surface area contributed by atoms with Gasteiger partial charge in [0.15, 0.2) is 0 Å². The van der Waals surface area contributed by atoms with Gasteiger partial charge in [0, 0.05) is 91.9 Å². The van der Waals surface area contributed by atoms with Gasteiger partial charge in [-0.1, -0.05) is 170 Å². The van der Waals surface area contributed by atoms with Crippen molar-refractivity contribution in [3.05, 3.63) is 224 Å². The van der Waals surface area contributed by atoms with Gasteiger partial charge in [0.05, 0.1) is 22.1 Å². The van der Waals surface area contributed by atoms with E-state index in [4.69, 9.17) is 4.74 Å². The number of aromatic nitrogens is 2. The Labute approximate surface area is 424 Å². The maximum absolute atomic E-state index is 10.4. The molecule has 1 aliphatic rings. The van der Waals surface area contributed by atoms with E-state index in [9.17, 15) is 10.0 Å². The summed E-state index contributed by atoms with van der Waals surface area (Å²) >= 11 is 3.51. The molecule has 0 aliphatic carbocycles. The highest BCUT2D eigenvalue weighted by Gasteiger charge is 2.23. The van der Waals surface area contributed by atoms with E-state index in [1.54, 1.807) is 11.3 Å². The minimum Gasteiger partial charge on any atom is -0.423 e. The van der Waals surface area contributed by atoms with Crippen LogP contribution in [0.4, 0.5) is 0 Å². The van der Waals surface area contributed by atoms with Gasteiger partial charge in [-0.25, -0.2) is 0 Å². The Morgan fingerprint density at radius 1 is 0.361 bits per heavy atom. The first-order valence-corrected chi connectivity index (χ1v) is 26.2. The fraction of sp³-hybridized carbons (Fsp3) is 0.0625. The van der Waals surface area contributed by atoms with E-state index in [2.05, 4.69) is 197 Å². The van der Waals surface area contributed by atoms with Crippen LogP contribution in [0.15, 0.2) is 224 Å². The molecule has 2 N–H and O–H groups in total. The molecular weight excluding hydrogens is 920 g/mol. The summed E-state index contributed by atoms with van der Waals surface area (Å²) in [5, 5.41) is 30.6. The van der Waals surface area contributed by atoms with Crippen LogP contribution in [0.5, 0.6) is 0 Å². The van der Waals surface area contributed by atoms with Crippen LogP contribution in [-0.4, -0.2) is 39.5 Å². The summed E-state index contributed by atoms with van der Waals surface area (Å²) in [4.78, 5) is 0. The Balaban J connectivity index is 0.000000128. The van der Waals surface area contributed by atoms with E-state index >= 15 is 0 Å². The second kappa shape index (κ2) is 18.7. The summed E-state index contributed by atoms with van der Waals surface area (Å²) in [5.74, 6) is 0. The third kappa shape index (κ3) is 7.67. The van der Waals surface area contributed by atoms with E-state index in [0.29, 0.717) is 5.46 Å². The molecule has 0 bridgehead atoms. The molecule has 0 radical (unpaired) electrons. The maximum atomic E-state index is 10.4. The lowest BCUT2D eigenvalue weighted by Crippen LogP contribution is -2.30. The van der Waals surface area contributed by atoms with Crippen molar-refractivity contribution >= 4 is 119 Å². The number of rotatable bonds is 5. The van der Waals surface area contributed by atoms with Crippen LogP contribution in [0, 0.1) is 0 Å². The molecule has 10 aromatic carbocycles. The molecular formula is C64H47BN2O3S2. The molecule has 1 fully saturated rings. The number of benzene rings is 10. The normalized spacial score (nSPS) is 12.6. The van der Waals surface area contributed by atoms with Gasteiger partial charge in [-0.05, 0) is 89.7 Å².